The molecule has 1 N–H and O–H groups in total. The van der Waals surface area contributed by atoms with Gasteiger partial charge in [0.15, 0.2) is 0 Å². The van der Waals surface area contributed by atoms with Crippen LogP contribution in [0.2, 0.25) is 0 Å². The van der Waals surface area contributed by atoms with Crippen LogP contribution in [0.3, 0.4) is 0 Å². The number of likely N-dealkylation sites (N-methyl/N-ethyl adjacent to an activating group) is 1. The minimum atomic E-state index is -0.0862. The van der Waals surface area contributed by atoms with Crippen LogP contribution in [0.1, 0.15) is 23.6 Å². The molecule has 0 heterocycles. The molecular weight excluding hydrogens is 246 g/mol. The van der Waals surface area contributed by atoms with Gasteiger partial charge in [0.2, 0.25) is 0 Å². The average Bonchev–Trinajstić information content (AvgIpc) is 2.85. The fourth-order valence-corrected chi connectivity index (χ4v) is 2.83. The van der Waals surface area contributed by atoms with Gasteiger partial charge in [0, 0.05) is 12.1 Å². The second-order valence-corrected chi connectivity index (χ2v) is 5.00. The molecule has 1 aliphatic rings. The van der Waals surface area contributed by atoms with E-state index in [9.17, 15) is 4.79 Å². The molecule has 0 radical (unpaired) electrons. The van der Waals surface area contributed by atoms with Crippen molar-refractivity contribution in [1.29, 1.82) is 0 Å². The van der Waals surface area contributed by atoms with Crippen molar-refractivity contribution < 1.29 is 4.79 Å². The smallest absolute Gasteiger partial charge is 0.251 e. The Hall–Kier alpha value is -2.35. The largest absolute Gasteiger partial charge is 0.352 e. The number of hydrogen-bond acceptors (Lipinski definition) is 1. The van der Waals surface area contributed by atoms with E-state index >= 15 is 0 Å². The molecule has 100 valence electrons. The molecule has 0 bridgehead atoms. The zero-order valence-electron chi connectivity index (χ0n) is 11.6. The van der Waals surface area contributed by atoms with Crippen molar-refractivity contribution in [2.45, 2.75) is 13.3 Å². The van der Waals surface area contributed by atoms with E-state index in [0.717, 1.165) is 12.0 Å². The van der Waals surface area contributed by atoms with Crippen LogP contribution in [0.4, 0.5) is 0 Å². The summed E-state index contributed by atoms with van der Waals surface area (Å²) in [5.74, 6) is -0.0862. The Labute approximate surface area is 119 Å². The SMILES string of the molecule is C=C(C(=O)NCC)c1cccc2c1Cc1ccccc1-2. The standard InChI is InChI=1S/C18H17NO/c1-3-19-18(20)12(2)14-9-6-10-16-15-8-5-4-7-13(15)11-17(14)16/h4-10H,2-3,11H2,1H3,(H,19,20). The lowest BCUT2D eigenvalue weighted by Gasteiger charge is -2.11. The summed E-state index contributed by atoms with van der Waals surface area (Å²) in [6, 6.07) is 14.5. The van der Waals surface area contributed by atoms with Crippen LogP contribution in [0.15, 0.2) is 49.0 Å². The van der Waals surface area contributed by atoms with Gasteiger partial charge < -0.3 is 5.32 Å². The second kappa shape index (κ2) is 4.97. The topological polar surface area (TPSA) is 29.1 Å². The van der Waals surface area contributed by atoms with Crippen molar-refractivity contribution in [3.63, 3.8) is 0 Å². The minimum Gasteiger partial charge on any atom is -0.352 e. The van der Waals surface area contributed by atoms with Gasteiger partial charge in [0.05, 0.1) is 0 Å². The van der Waals surface area contributed by atoms with Crippen LogP contribution in [-0.2, 0) is 11.2 Å². The molecule has 2 nitrogen and oxygen atoms in total. The van der Waals surface area contributed by atoms with Gasteiger partial charge in [-0.2, -0.15) is 0 Å². The van der Waals surface area contributed by atoms with Crippen LogP contribution < -0.4 is 5.32 Å². The number of rotatable bonds is 3. The summed E-state index contributed by atoms with van der Waals surface area (Å²) in [6.07, 6.45) is 0.875. The molecule has 0 aromatic heterocycles. The Kier molecular flexibility index (Phi) is 3.15. The molecule has 0 fully saturated rings. The third-order valence-electron chi connectivity index (χ3n) is 3.79. The third-order valence-corrected chi connectivity index (χ3v) is 3.79. The van der Waals surface area contributed by atoms with Gasteiger partial charge in [-0.05, 0) is 41.2 Å². The molecule has 0 atom stereocenters. The Morgan fingerprint density at radius 3 is 2.70 bits per heavy atom. The van der Waals surface area contributed by atoms with Crippen molar-refractivity contribution in [2.24, 2.45) is 0 Å². The molecule has 2 heteroatoms. The van der Waals surface area contributed by atoms with Gasteiger partial charge in [-0.15, -0.1) is 0 Å². The first-order chi connectivity index (χ1) is 9.72. The lowest BCUT2D eigenvalue weighted by atomic mass is 9.96. The van der Waals surface area contributed by atoms with E-state index in [-0.39, 0.29) is 5.91 Å². The molecule has 3 rings (SSSR count). The van der Waals surface area contributed by atoms with Gasteiger partial charge in [-0.3, -0.25) is 4.79 Å². The minimum absolute atomic E-state index is 0.0862. The first kappa shape index (κ1) is 12.7. The first-order valence-electron chi connectivity index (χ1n) is 6.90. The van der Waals surface area contributed by atoms with E-state index in [4.69, 9.17) is 0 Å². The highest BCUT2D eigenvalue weighted by molar-refractivity contribution is 6.19. The fraction of sp³-hybridized carbons (Fsp3) is 0.167. The summed E-state index contributed by atoms with van der Waals surface area (Å²) in [6.45, 7) is 6.50. The molecule has 0 saturated heterocycles. The van der Waals surface area contributed by atoms with E-state index < -0.39 is 0 Å². The molecular formula is C18H17NO. The van der Waals surface area contributed by atoms with Crippen molar-refractivity contribution in [2.75, 3.05) is 6.54 Å². The number of carbonyl (C=O) groups excluding carboxylic acids is 1. The fourth-order valence-electron chi connectivity index (χ4n) is 2.83. The Bertz CT molecular complexity index is 700. The predicted molar refractivity (Wildman–Crippen MR) is 82.4 cm³/mol. The summed E-state index contributed by atoms with van der Waals surface area (Å²) in [7, 11) is 0. The van der Waals surface area contributed by atoms with E-state index in [2.05, 4.69) is 42.2 Å². The highest BCUT2D eigenvalue weighted by Crippen LogP contribution is 2.39. The number of hydrogen-bond donors (Lipinski definition) is 1. The molecule has 1 aliphatic carbocycles. The summed E-state index contributed by atoms with van der Waals surface area (Å²) in [4.78, 5) is 12.0. The number of carbonyl (C=O) groups is 1. The predicted octanol–water partition coefficient (Wildman–Crippen LogP) is 3.41. The zero-order chi connectivity index (χ0) is 14.1. The quantitative estimate of drug-likeness (QED) is 0.721. The molecule has 0 spiro atoms. The number of fused-ring (bicyclic) bond motifs is 3. The van der Waals surface area contributed by atoms with Gasteiger partial charge in [-0.25, -0.2) is 0 Å². The van der Waals surface area contributed by atoms with Crippen molar-refractivity contribution in [3.05, 3.63) is 65.7 Å². The highest BCUT2D eigenvalue weighted by Gasteiger charge is 2.22. The maximum atomic E-state index is 12.0. The Balaban J connectivity index is 2.05. The summed E-state index contributed by atoms with van der Waals surface area (Å²) < 4.78 is 0. The second-order valence-electron chi connectivity index (χ2n) is 5.00. The summed E-state index contributed by atoms with van der Waals surface area (Å²) >= 11 is 0. The van der Waals surface area contributed by atoms with Crippen molar-refractivity contribution in [1.82, 2.24) is 5.32 Å². The lowest BCUT2D eigenvalue weighted by Crippen LogP contribution is -2.23. The number of amides is 1. The van der Waals surface area contributed by atoms with Gasteiger partial charge in [0.25, 0.3) is 5.91 Å². The number of nitrogens with one attached hydrogen (secondary N) is 1. The van der Waals surface area contributed by atoms with E-state index in [0.29, 0.717) is 12.1 Å². The van der Waals surface area contributed by atoms with Crippen LogP contribution in [0.25, 0.3) is 16.7 Å². The molecule has 20 heavy (non-hydrogen) atoms. The van der Waals surface area contributed by atoms with Crippen LogP contribution in [0.5, 0.6) is 0 Å². The molecule has 1 amide bonds. The highest BCUT2D eigenvalue weighted by atomic mass is 16.1. The lowest BCUT2D eigenvalue weighted by molar-refractivity contribution is -0.115. The van der Waals surface area contributed by atoms with Gasteiger partial charge in [0.1, 0.15) is 0 Å². The zero-order valence-corrected chi connectivity index (χ0v) is 11.6. The van der Waals surface area contributed by atoms with E-state index in [1.807, 2.05) is 19.1 Å². The third kappa shape index (κ3) is 1.94. The maximum Gasteiger partial charge on any atom is 0.251 e. The number of benzene rings is 2. The normalized spacial score (nSPS) is 11.7. The van der Waals surface area contributed by atoms with Crippen LogP contribution in [-0.4, -0.2) is 12.5 Å². The van der Waals surface area contributed by atoms with E-state index in [1.54, 1.807) is 0 Å². The monoisotopic (exact) mass is 263 g/mol. The van der Waals surface area contributed by atoms with Crippen molar-refractivity contribution in [3.8, 4) is 11.1 Å². The Morgan fingerprint density at radius 2 is 1.90 bits per heavy atom. The van der Waals surface area contributed by atoms with Gasteiger partial charge in [-0.1, -0.05) is 49.0 Å². The van der Waals surface area contributed by atoms with Gasteiger partial charge >= 0.3 is 0 Å². The van der Waals surface area contributed by atoms with Crippen LogP contribution in [0, 0.1) is 0 Å². The average molecular weight is 263 g/mol. The van der Waals surface area contributed by atoms with Crippen molar-refractivity contribution >= 4 is 11.5 Å². The molecule has 2 aromatic carbocycles. The Morgan fingerprint density at radius 1 is 1.15 bits per heavy atom. The summed E-state index contributed by atoms with van der Waals surface area (Å²) in [5, 5.41) is 2.82. The molecule has 0 unspecified atom stereocenters. The van der Waals surface area contributed by atoms with Crippen LogP contribution >= 0.6 is 0 Å². The maximum absolute atomic E-state index is 12.0. The summed E-state index contributed by atoms with van der Waals surface area (Å²) in [5.41, 5.74) is 6.54. The molecule has 2 aromatic rings. The van der Waals surface area contributed by atoms with E-state index in [1.165, 1.54) is 22.3 Å². The first-order valence-corrected chi connectivity index (χ1v) is 6.90. The molecule has 0 saturated carbocycles. The molecule has 0 aliphatic heterocycles.